The maximum atomic E-state index is 12.9. The maximum absolute atomic E-state index is 12.9. The predicted octanol–water partition coefficient (Wildman–Crippen LogP) is 4.41. The lowest BCUT2D eigenvalue weighted by molar-refractivity contribution is -0.143. The third kappa shape index (κ3) is 7.43. The molecular formula is C25H22Cl2N2O9S. The number of halogens is 2. The van der Waals surface area contributed by atoms with Crippen LogP contribution in [-0.2, 0) is 23.9 Å². The molecule has 0 unspecified atom stereocenters. The van der Waals surface area contributed by atoms with Crippen molar-refractivity contribution in [1.82, 2.24) is 4.90 Å². The van der Waals surface area contributed by atoms with E-state index in [4.69, 9.17) is 32.7 Å². The summed E-state index contributed by atoms with van der Waals surface area (Å²) >= 11 is 13.0. The first kappa shape index (κ1) is 29.8. The van der Waals surface area contributed by atoms with E-state index in [0.29, 0.717) is 17.3 Å². The Morgan fingerprint density at radius 3 is 2.44 bits per heavy atom. The molecule has 1 N–H and O–H groups in total. The van der Waals surface area contributed by atoms with Crippen molar-refractivity contribution in [2.75, 3.05) is 39.3 Å². The zero-order chi connectivity index (χ0) is 28.7. The molecule has 0 saturated carbocycles. The number of methoxy groups -OCH3 is 2. The van der Waals surface area contributed by atoms with Crippen molar-refractivity contribution >= 4 is 75.7 Å². The quantitative estimate of drug-likeness (QED) is 0.310. The van der Waals surface area contributed by atoms with Crippen molar-refractivity contribution in [3.63, 3.8) is 0 Å². The molecule has 206 valence electrons. The lowest BCUT2D eigenvalue weighted by Gasteiger charge is -2.14. The minimum atomic E-state index is -0.692. The molecule has 2 aromatic carbocycles. The molecule has 0 radical (unpaired) electrons. The number of nitrogens with one attached hydrogen (secondary N) is 1. The number of carbonyl (C=O) groups excluding carboxylic acids is 5. The molecule has 11 nitrogen and oxygen atoms in total. The Balaban J connectivity index is 1.76. The van der Waals surface area contributed by atoms with Crippen LogP contribution in [0.25, 0.3) is 6.08 Å². The molecule has 1 heterocycles. The number of rotatable bonds is 10. The van der Waals surface area contributed by atoms with Gasteiger partial charge in [-0.1, -0.05) is 23.2 Å². The predicted molar refractivity (Wildman–Crippen MR) is 144 cm³/mol. The number of amides is 3. The van der Waals surface area contributed by atoms with Crippen LogP contribution >= 0.6 is 35.0 Å². The Hall–Kier alpha value is -3.74. The molecular weight excluding hydrogens is 575 g/mol. The van der Waals surface area contributed by atoms with Crippen LogP contribution in [0.3, 0.4) is 0 Å². The number of nitrogens with zero attached hydrogens (tertiary/aromatic N) is 1. The standard InChI is InChI=1S/C25H22Cl2N2O9S/c1-4-37-18-8-13(7-17(27)22(18)38-12-21(31)35-2)9-19-23(32)29(25(34)39-19)11-20(30)28-14-5-6-16(26)15(10-14)24(33)36-3/h5-10H,4,11-12H2,1-3H3,(H,28,30)/b19-9-. The number of imide groups is 1. The molecule has 2 aromatic rings. The van der Waals surface area contributed by atoms with Crippen molar-refractivity contribution in [2.45, 2.75) is 6.92 Å². The van der Waals surface area contributed by atoms with Gasteiger partial charge in [0.25, 0.3) is 11.1 Å². The average Bonchev–Trinajstić information content (AvgIpc) is 3.15. The fourth-order valence-electron chi connectivity index (χ4n) is 3.27. The minimum absolute atomic E-state index is 0.0397. The van der Waals surface area contributed by atoms with Crippen LogP contribution in [0.4, 0.5) is 10.5 Å². The van der Waals surface area contributed by atoms with E-state index in [-0.39, 0.29) is 44.3 Å². The summed E-state index contributed by atoms with van der Waals surface area (Å²) in [6.07, 6.45) is 1.42. The van der Waals surface area contributed by atoms with Crippen LogP contribution in [0.1, 0.15) is 22.8 Å². The van der Waals surface area contributed by atoms with E-state index in [1.807, 2.05) is 0 Å². The molecule has 0 aromatic heterocycles. The van der Waals surface area contributed by atoms with Gasteiger partial charge < -0.3 is 24.3 Å². The normalized spacial score (nSPS) is 13.9. The van der Waals surface area contributed by atoms with E-state index < -0.39 is 42.1 Å². The SMILES string of the molecule is CCOc1cc(/C=C2\SC(=O)N(CC(=O)Nc3ccc(Cl)c(C(=O)OC)c3)C2=O)cc(Cl)c1OCC(=O)OC. The van der Waals surface area contributed by atoms with E-state index in [1.165, 1.54) is 50.6 Å². The molecule has 3 rings (SSSR count). The summed E-state index contributed by atoms with van der Waals surface area (Å²) < 4.78 is 20.2. The van der Waals surface area contributed by atoms with Gasteiger partial charge in [-0.2, -0.15) is 0 Å². The number of anilines is 1. The fourth-order valence-corrected chi connectivity index (χ4v) is 4.57. The largest absolute Gasteiger partial charge is 0.490 e. The molecule has 0 atom stereocenters. The molecule has 0 aliphatic carbocycles. The topological polar surface area (TPSA) is 138 Å². The Bertz CT molecular complexity index is 1360. The molecule has 1 saturated heterocycles. The van der Waals surface area contributed by atoms with Crippen LogP contribution in [0.15, 0.2) is 35.2 Å². The van der Waals surface area contributed by atoms with Gasteiger partial charge in [0.2, 0.25) is 5.91 Å². The van der Waals surface area contributed by atoms with Crippen molar-refractivity contribution < 1.29 is 42.9 Å². The van der Waals surface area contributed by atoms with Gasteiger partial charge in [-0.15, -0.1) is 0 Å². The van der Waals surface area contributed by atoms with Crippen molar-refractivity contribution in [3.8, 4) is 11.5 Å². The molecule has 1 fully saturated rings. The number of ether oxygens (including phenoxy) is 4. The van der Waals surface area contributed by atoms with Gasteiger partial charge in [-0.05, 0) is 60.7 Å². The van der Waals surface area contributed by atoms with E-state index in [1.54, 1.807) is 6.92 Å². The van der Waals surface area contributed by atoms with Gasteiger partial charge in [0, 0.05) is 5.69 Å². The third-order valence-corrected chi connectivity index (χ3v) is 6.54. The van der Waals surface area contributed by atoms with Gasteiger partial charge in [-0.3, -0.25) is 19.3 Å². The highest BCUT2D eigenvalue weighted by Crippen LogP contribution is 2.39. The number of carbonyl (C=O) groups is 5. The van der Waals surface area contributed by atoms with Crippen LogP contribution in [0.2, 0.25) is 10.0 Å². The van der Waals surface area contributed by atoms with Crippen molar-refractivity contribution in [1.29, 1.82) is 0 Å². The van der Waals surface area contributed by atoms with Crippen LogP contribution < -0.4 is 14.8 Å². The van der Waals surface area contributed by atoms with Crippen molar-refractivity contribution in [3.05, 3.63) is 56.4 Å². The first-order valence-corrected chi connectivity index (χ1v) is 12.7. The summed E-state index contributed by atoms with van der Waals surface area (Å²) in [5, 5.41) is 2.10. The monoisotopic (exact) mass is 596 g/mol. The molecule has 1 aliphatic rings. The van der Waals surface area contributed by atoms with Crippen molar-refractivity contribution in [2.24, 2.45) is 0 Å². The lowest BCUT2D eigenvalue weighted by Crippen LogP contribution is -2.36. The van der Waals surface area contributed by atoms with E-state index in [0.717, 1.165) is 4.90 Å². The maximum Gasteiger partial charge on any atom is 0.343 e. The Labute approximate surface area is 237 Å². The summed E-state index contributed by atoms with van der Waals surface area (Å²) in [6.45, 7) is 1.04. The fraction of sp³-hybridized carbons (Fsp3) is 0.240. The van der Waals surface area contributed by atoms with E-state index in [2.05, 4.69) is 14.8 Å². The first-order chi connectivity index (χ1) is 18.6. The minimum Gasteiger partial charge on any atom is -0.490 e. The van der Waals surface area contributed by atoms with Gasteiger partial charge in [0.15, 0.2) is 18.1 Å². The second-order valence-electron chi connectivity index (χ2n) is 7.63. The highest BCUT2D eigenvalue weighted by molar-refractivity contribution is 8.18. The van der Waals surface area contributed by atoms with Gasteiger partial charge in [-0.25, -0.2) is 9.59 Å². The Morgan fingerprint density at radius 2 is 1.77 bits per heavy atom. The highest BCUT2D eigenvalue weighted by Gasteiger charge is 2.36. The van der Waals surface area contributed by atoms with Gasteiger partial charge in [0.1, 0.15) is 6.54 Å². The second-order valence-corrected chi connectivity index (χ2v) is 9.44. The summed E-state index contributed by atoms with van der Waals surface area (Å²) in [6, 6.07) is 7.18. The summed E-state index contributed by atoms with van der Waals surface area (Å²) in [4.78, 5) is 62.1. The molecule has 39 heavy (non-hydrogen) atoms. The Morgan fingerprint density at radius 1 is 1.03 bits per heavy atom. The number of hydrogen-bond acceptors (Lipinski definition) is 10. The first-order valence-electron chi connectivity index (χ1n) is 11.2. The van der Waals surface area contributed by atoms with Gasteiger partial charge in [0.05, 0.1) is 41.3 Å². The summed E-state index contributed by atoms with van der Waals surface area (Å²) in [7, 11) is 2.41. The zero-order valence-electron chi connectivity index (χ0n) is 20.9. The van der Waals surface area contributed by atoms with E-state index in [9.17, 15) is 24.0 Å². The van der Waals surface area contributed by atoms with Crippen LogP contribution in [0.5, 0.6) is 11.5 Å². The number of thioether (sulfide) groups is 1. The molecule has 0 bridgehead atoms. The van der Waals surface area contributed by atoms with Crippen LogP contribution in [-0.4, -0.2) is 67.9 Å². The molecule has 3 amide bonds. The summed E-state index contributed by atoms with van der Waals surface area (Å²) in [5.74, 6) is -2.34. The Kier molecular flexibility index (Phi) is 10.2. The summed E-state index contributed by atoms with van der Waals surface area (Å²) in [5.41, 5.74) is 0.679. The third-order valence-electron chi connectivity index (χ3n) is 5.02. The number of esters is 2. The van der Waals surface area contributed by atoms with Gasteiger partial charge >= 0.3 is 11.9 Å². The molecule has 1 aliphatic heterocycles. The lowest BCUT2D eigenvalue weighted by atomic mass is 10.1. The number of benzene rings is 2. The van der Waals surface area contributed by atoms with E-state index >= 15 is 0 Å². The smallest absolute Gasteiger partial charge is 0.343 e. The molecule has 14 heteroatoms. The molecule has 0 spiro atoms. The average molecular weight is 597 g/mol. The van der Waals surface area contributed by atoms with Crippen LogP contribution in [0, 0.1) is 0 Å². The zero-order valence-corrected chi connectivity index (χ0v) is 23.2. The highest BCUT2D eigenvalue weighted by atomic mass is 35.5. The number of hydrogen-bond donors (Lipinski definition) is 1. The second kappa shape index (κ2) is 13.4.